The fraction of sp³-hybridized carbons (Fsp3) is 0.344. The lowest BCUT2D eigenvalue weighted by Crippen LogP contribution is -2.45. The van der Waals surface area contributed by atoms with Crippen molar-refractivity contribution in [1.82, 2.24) is 24.6 Å². The highest BCUT2D eigenvalue weighted by Crippen LogP contribution is 2.39. The second-order valence-corrected chi connectivity index (χ2v) is 10.8. The summed E-state index contributed by atoms with van der Waals surface area (Å²) in [5.74, 6) is 1.57. The second-order valence-electron chi connectivity index (χ2n) is 10.8. The number of nitrogens with zero attached hydrogens (tertiary/aromatic N) is 5. The maximum Gasteiger partial charge on any atom is 0.245 e. The van der Waals surface area contributed by atoms with Gasteiger partial charge in [0.05, 0.1) is 42.5 Å². The van der Waals surface area contributed by atoms with Gasteiger partial charge in [-0.05, 0) is 25.0 Å². The third-order valence-corrected chi connectivity index (χ3v) is 8.38. The fourth-order valence-electron chi connectivity index (χ4n) is 6.16. The topological polar surface area (TPSA) is 84.2 Å². The highest BCUT2D eigenvalue weighted by atomic mass is 16.5. The number of fused-ring (bicyclic) bond motifs is 2. The van der Waals surface area contributed by atoms with E-state index in [0.29, 0.717) is 18.4 Å². The SMILES string of the molecule is C=CC(=O)N1CCC(N[C@H]2COc3cc(-c4nc5ncc(N6CCOCC6)cn5c4-c4ccccc4)ccc32)CC1. The number of likely N-dealkylation sites (tertiary alicyclic amines) is 1. The number of imidazole rings is 1. The highest BCUT2D eigenvalue weighted by molar-refractivity contribution is 5.87. The van der Waals surface area contributed by atoms with E-state index in [9.17, 15) is 4.79 Å². The Morgan fingerprint density at radius 3 is 2.61 bits per heavy atom. The van der Waals surface area contributed by atoms with Gasteiger partial charge in [0.15, 0.2) is 0 Å². The van der Waals surface area contributed by atoms with E-state index in [1.54, 1.807) is 0 Å². The average molecular weight is 551 g/mol. The van der Waals surface area contributed by atoms with E-state index in [-0.39, 0.29) is 11.9 Å². The number of carbonyl (C=O) groups is 1. The van der Waals surface area contributed by atoms with E-state index in [4.69, 9.17) is 19.4 Å². The van der Waals surface area contributed by atoms with Gasteiger partial charge in [0.25, 0.3) is 0 Å². The minimum atomic E-state index is 0.0138. The number of aromatic nitrogens is 3. The van der Waals surface area contributed by atoms with Crippen molar-refractivity contribution in [3.05, 3.63) is 79.1 Å². The van der Waals surface area contributed by atoms with Gasteiger partial charge in [-0.25, -0.2) is 9.97 Å². The van der Waals surface area contributed by atoms with Gasteiger partial charge in [-0.1, -0.05) is 49.0 Å². The summed E-state index contributed by atoms with van der Waals surface area (Å²) in [6.45, 7) is 8.83. The van der Waals surface area contributed by atoms with Crippen LogP contribution in [0.1, 0.15) is 24.4 Å². The van der Waals surface area contributed by atoms with Gasteiger partial charge >= 0.3 is 0 Å². The molecule has 7 rings (SSSR count). The third kappa shape index (κ3) is 4.96. The number of hydrogen-bond acceptors (Lipinski definition) is 7. The summed E-state index contributed by atoms with van der Waals surface area (Å²) in [5, 5.41) is 3.77. The quantitative estimate of drug-likeness (QED) is 0.362. The Labute approximate surface area is 239 Å². The summed E-state index contributed by atoms with van der Waals surface area (Å²) in [4.78, 5) is 25.9. The molecule has 41 heavy (non-hydrogen) atoms. The lowest BCUT2D eigenvalue weighted by molar-refractivity contribution is -0.127. The van der Waals surface area contributed by atoms with Crippen LogP contribution in [0.15, 0.2) is 73.6 Å². The summed E-state index contributed by atoms with van der Waals surface area (Å²) in [7, 11) is 0. The van der Waals surface area contributed by atoms with Crippen molar-refractivity contribution in [3.8, 4) is 28.3 Å². The lowest BCUT2D eigenvalue weighted by Gasteiger charge is -2.33. The molecule has 0 bridgehead atoms. The van der Waals surface area contributed by atoms with E-state index >= 15 is 0 Å². The predicted octanol–water partition coefficient (Wildman–Crippen LogP) is 4.10. The van der Waals surface area contributed by atoms with Gasteiger partial charge in [0, 0.05) is 55.1 Å². The number of piperidine rings is 1. The van der Waals surface area contributed by atoms with Gasteiger partial charge in [0.1, 0.15) is 12.4 Å². The largest absolute Gasteiger partial charge is 0.491 e. The van der Waals surface area contributed by atoms with E-state index in [1.165, 1.54) is 6.08 Å². The summed E-state index contributed by atoms with van der Waals surface area (Å²) in [6.07, 6.45) is 7.29. The standard InChI is InChI=1S/C32H34N6O3/c1-2-29(39)37-12-10-24(11-13-37)34-27-21-41-28-18-23(8-9-26(27)28)30-31(22-6-4-3-5-7-22)38-20-25(19-33-32(38)35-30)36-14-16-40-17-15-36/h2-9,18-20,24,27,34H,1,10-17,21H2/t27-/m0/s1. The molecular weight excluding hydrogens is 516 g/mol. The Hall–Kier alpha value is -4.21. The molecule has 1 atom stereocenters. The normalized spacial score (nSPS) is 19.3. The minimum Gasteiger partial charge on any atom is -0.491 e. The number of nitrogens with one attached hydrogen (secondary N) is 1. The van der Waals surface area contributed by atoms with Crippen LogP contribution in [0.2, 0.25) is 0 Å². The van der Waals surface area contributed by atoms with E-state index in [1.807, 2.05) is 17.2 Å². The van der Waals surface area contributed by atoms with Crippen molar-refractivity contribution >= 4 is 17.4 Å². The summed E-state index contributed by atoms with van der Waals surface area (Å²) in [6, 6.07) is 17.3. The number of benzene rings is 2. The molecule has 2 aromatic carbocycles. The predicted molar refractivity (Wildman–Crippen MR) is 158 cm³/mol. The van der Waals surface area contributed by atoms with Crippen LogP contribution in [-0.2, 0) is 9.53 Å². The number of rotatable bonds is 6. The molecule has 5 heterocycles. The lowest BCUT2D eigenvalue weighted by atomic mass is 9.99. The van der Waals surface area contributed by atoms with Crippen molar-refractivity contribution in [3.63, 3.8) is 0 Å². The number of hydrogen-bond donors (Lipinski definition) is 1. The van der Waals surface area contributed by atoms with Crippen LogP contribution in [0, 0.1) is 0 Å². The molecule has 2 fully saturated rings. The average Bonchev–Trinajstić information content (AvgIpc) is 3.62. The number of ether oxygens (including phenoxy) is 2. The number of morpholine rings is 1. The van der Waals surface area contributed by atoms with Gasteiger partial charge < -0.3 is 24.6 Å². The molecule has 0 unspecified atom stereocenters. The smallest absolute Gasteiger partial charge is 0.245 e. The molecule has 0 radical (unpaired) electrons. The van der Waals surface area contributed by atoms with Gasteiger partial charge in [-0.3, -0.25) is 9.20 Å². The summed E-state index contributed by atoms with van der Waals surface area (Å²) < 4.78 is 13.9. The van der Waals surface area contributed by atoms with Crippen molar-refractivity contribution in [2.24, 2.45) is 0 Å². The van der Waals surface area contributed by atoms with E-state index < -0.39 is 0 Å². The second kappa shape index (κ2) is 11.0. The molecule has 2 saturated heterocycles. The number of amides is 1. The Balaban J connectivity index is 1.18. The first-order chi connectivity index (χ1) is 20.2. The highest BCUT2D eigenvalue weighted by Gasteiger charge is 2.30. The van der Waals surface area contributed by atoms with Gasteiger partial charge in [-0.2, -0.15) is 0 Å². The Morgan fingerprint density at radius 1 is 1.02 bits per heavy atom. The minimum absolute atomic E-state index is 0.0138. The summed E-state index contributed by atoms with van der Waals surface area (Å²) >= 11 is 0. The van der Waals surface area contributed by atoms with Crippen LogP contribution in [-0.4, -0.2) is 77.2 Å². The molecule has 1 N–H and O–H groups in total. The fourth-order valence-corrected chi connectivity index (χ4v) is 6.16. The van der Waals surface area contributed by atoms with Crippen LogP contribution in [0.4, 0.5) is 5.69 Å². The van der Waals surface area contributed by atoms with Crippen LogP contribution in [0.25, 0.3) is 28.3 Å². The molecule has 4 aromatic rings. The van der Waals surface area contributed by atoms with Gasteiger partial charge in [0.2, 0.25) is 11.7 Å². The molecule has 210 valence electrons. The maximum atomic E-state index is 11.9. The van der Waals surface area contributed by atoms with Crippen LogP contribution >= 0.6 is 0 Å². The first kappa shape index (κ1) is 25.7. The molecule has 2 aromatic heterocycles. The molecule has 0 aliphatic carbocycles. The van der Waals surface area contributed by atoms with Crippen LogP contribution < -0.4 is 15.0 Å². The molecule has 9 heteroatoms. The zero-order valence-corrected chi connectivity index (χ0v) is 23.0. The molecule has 9 nitrogen and oxygen atoms in total. The molecule has 1 amide bonds. The Morgan fingerprint density at radius 2 is 1.83 bits per heavy atom. The van der Waals surface area contributed by atoms with Crippen molar-refractivity contribution < 1.29 is 14.3 Å². The Bertz CT molecular complexity index is 1570. The monoisotopic (exact) mass is 550 g/mol. The molecule has 3 aliphatic rings. The van der Waals surface area contributed by atoms with E-state index in [2.05, 4.69) is 69.9 Å². The Kier molecular flexibility index (Phi) is 6.90. The van der Waals surface area contributed by atoms with Gasteiger partial charge in [-0.15, -0.1) is 0 Å². The summed E-state index contributed by atoms with van der Waals surface area (Å²) in [5.41, 5.74) is 6.20. The molecule has 0 saturated carbocycles. The van der Waals surface area contributed by atoms with Crippen molar-refractivity contribution in [2.75, 3.05) is 50.9 Å². The molecular formula is C32H34N6O3. The van der Waals surface area contributed by atoms with Crippen LogP contribution in [0.5, 0.6) is 5.75 Å². The van der Waals surface area contributed by atoms with Crippen molar-refractivity contribution in [1.29, 1.82) is 0 Å². The van der Waals surface area contributed by atoms with E-state index in [0.717, 1.165) is 91.7 Å². The third-order valence-electron chi connectivity index (χ3n) is 8.38. The number of carbonyl (C=O) groups excluding carboxylic acids is 1. The zero-order valence-electron chi connectivity index (χ0n) is 23.0. The molecule has 0 spiro atoms. The zero-order chi connectivity index (χ0) is 27.8. The van der Waals surface area contributed by atoms with Crippen LogP contribution in [0.3, 0.4) is 0 Å². The first-order valence-electron chi connectivity index (χ1n) is 14.4. The molecule has 3 aliphatic heterocycles. The number of anilines is 1. The first-order valence-corrected chi connectivity index (χ1v) is 14.4. The maximum absolute atomic E-state index is 11.9. The van der Waals surface area contributed by atoms with Crippen molar-refractivity contribution in [2.45, 2.75) is 24.9 Å².